The second kappa shape index (κ2) is 6.54. The monoisotopic (exact) mass is 279 g/mol. The first-order valence-corrected chi connectivity index (χ1v) is 6.64. The first-order chi connectivity index (χ1) is 10.2. The molecule has 0 radical (unpaired) electrons. The summed E-state index contributed by atoms with van der Waals surface area (Å²) in [7, 11) is 0. The van der Waals surface area contributed by atoms with Gasteiger partial charge in [-0.15, -0.1) is 0 Å². The van der Waals surface area contributed by atoms with Crippen molar-refractivity contribution in [3.05, 3.63) is 65.0 Å². The van der Waals surface area contributed by atoms with Crippen LogP contribution in [0.1, 0.15) is 36.1 Å². The van der Waals surface area contributed by atoms with Crippen molar-refractivity contribution in [1.82, 2.24) is 0 Å². The summed E-state index contributed by atoms with van der Waals surface area (Å²) < 4.78 is 13.3. The van der Waals surface area contributed by atoms with Crippen LogP contribution in [0.3, 0.4) is 0 Å². The van der Waals surface area contributed by atoms with Crippen molar-refractivity contribution in [2.24, 2.45) is 0 Å². The SMILES string of the molecule is CCC(Nc1ccc(C#N)c(C#N)c1)c1cccc(F)c1. The van der Waals surface area contributed by atoms with Crippen LogP contribution < -0.4 is 5.32 Å². The summed E-state index contributed by atoms with van der Waals surface area (Å²) in [5, 5.41) is 21.2. The summed E-state index contributed by atoms with van der Waals surface area (Å²) in [6.07, 6.45) is 0.769. The van der Waals surface area contributed by atoms with Crippen LogP contribution in [0.15, 0.2) is 42.5 Å². The Morgan fingerprint density at radius 1 is 1.10 bits per heavy atom. The van der Waals surface area contributed by atoms with E-state index in [9.17, 15) is 4.39 Å². The zero-order valence-corrected chi connectivity index (χ0v) is 11.6. The second-order valence-electron chi connectivity index (χ2n) is 4.64. The van der Waals surface area contributed by atoms with Gasteiger partial charge in [-0.1, -0.05) is 19.1 Å². The van der Waals surface area contributed by atoms with Crippen molar-refractivity contribution in [3.63, 3.8) is 0 Å². The number of hydrogen-bond acceptors (Lipinski definition) is 3. The number of anilines is 1. The molecule has 0 amide bonds. The molecule has 0 bridgehead atoms. The van der Waals surface area contributed by atoms with Crippen molar-refractivity contribution in [1.29, 1.82) is 10.5 Å². The molecule has 3 nitrogen and oxygen atoms in total. The first-order valence-electron chi connectivity index (χ1n) is 6.64. The molecule has 0 aliphatic heterocycles. The predicted octanol–water partition coefficient (Wildman–Crippen LogP) is 4.13. The summed E-state index contributed by atoms with van der Waals surface area (Å²) in [4.78, 5) is 0. The molecule has 4 heteroatoms. The predicted molar refractivity (Wildman–Crippen MR) is 78.9 cm³/mol. The maximum absolute atomic E-state index is 13.3. The minimum atomic E-state index is -0.273. The lowest BCUT2D eigenvalue weighted by atomic mass is 10.0. The van der Waals surface area contributed by atoms with E-state index in [-0.39, 0.29) is 11.9 Å². The average molecular weight is 279 g/mol. The molecule has 1 unspecified atom stereocenters. The van der Waals surface area contributed by atoms with Gasteiger partial charge in [0, 0.05) is 5.69 Å². The van der Waals surface area contributed by atoms with E-state index in [1.165, 1.54) is 12.1 Å². The molecule has 0 aliphatic rings. The molecular formula is C17H14FN3. The Labute approximate surface area is 123 Å². The number of nitriles is 2. The quantitative estimate of drug-likeness (QED) is 0.915. The standard InChI is InChI=1S/C17H14FN3/c1-2-17(12-4-3-5-15(18)8-12)21-16-7-6-13(10-19)14(9-16)11-20/h3-9,17,21H,2H2,1H3. The van der Waals surface area contributed by atoms with Gasteiger partial charge in [0.1, 0.15) is 18.0 Å². The number of rotatable bonds is 4. The minimum Gasteiger partial charge on any atom is -0.378 e. The van der Waals surface area contributed by atoms with Gasteiger partial charge in [-0.05, 0) is 42.3 Å². The molecule has 0 heterocycles. The van der Waals surface area contributed by atoms with E-state index in [4.69, 9.17) is 10.5 Å². The number of nitrogens with one attached hydrogen (secondary N) is 1. The molecule has 2 rings (SSSR count). The van der Waals surface area contributed by atoms with E-state index in [1.54, 1.807) is 24.3 Å². The van der Waals surface area contributed by atoms with Gasteiger partial charge in [0.15, 0.2) is 0 Å². The highest BCUT2D eigenvalue weighted by atomic mass is 19.1. The number of benzene rings is 2. The maximum atomic E-state index is 13.3. The van der Waals surface area contributed by atoms with Gasteiger partial charge >= 0.3 is 0 Å². The van der Waals surface area contributed by atoms with E-state index >= 15 is 0 Å². The Bertz CT molecular complexity index is 726. The highest BCUT2D eigenvalue weighted by Gasteiger charge is 2.11. The Kier molecular flexibility index (Phi) is 4.53. The van der Waals surface area contributed by atoms with Gasteiger partial charge in [-0.2, -0.15) is 10.5 Å². The van der Waals surface area contributed by atoms with Crippen LogP contribution in [0.5, 0.6) is 0 Å². The molecule has 0 fully saturated rings. The van der Waals surface area contributed by atoms with Gasteiger partial charge in [0.2, 0.25) is 0 Å². The summed E-state index contributed by atoms with van der Waals surface area (Å²) in [6.45, 7) is 2.00. The topological polar surface area (TPSA) is 59.6 Å². The molecule has 2 aromatic carbocycles. The van der Waals surface area contributed by atoms with Crippen molar-refractivity contribution >= 4 is 5.69 Å². The highest BCUT2D eigenvalue weighted by Crippen LogP contribution is 2.24. The molecular weight excluding hydrogens is 265 g/mol. The summed E-state index contributed by atoms with van der Waals surface area (Å²) in [6, 6.07) is 15.4. The normalized spacial score (nSPS) is 11.2. The Balaban J connectivity index is 2.28. The Morgan fingerprint density at radius 2 is 1.86 bits per heavy atom. The van der Waals surface area contributed by atoms with Crippen molar-refractivity contribution in [3.8, 4) is 12.1 Å². The largest absolute Gasteiger partial charge is 0.378 e. The lowest BCUT2D eigenvalue weighted by molar-refractivity contribution is 0.621. The third kappa shape index (κ3) is 3.38. The fraction of sp³-hybridized carbons (Fsp3) is 0.176. The van der Waals surface area contributed by atoms with Crippen LogP contribution in [-0.4, -0.2) is 0 Å². The molecule has 0 saturated carbocycles. The van der Waals surface area contributed by atoms with Gasteiger partial charge in [0.25, 0.3) is 0 Å². The van der Waals surface area contributed by atoms with Crippen LogP contribution in [0, 0.1) is 28.5 Å². The van der Waals surface area contributed by atoms with E-state index in [2.05, 4.69) is 5.32 Å². The number of nitrogens with zero attached hydrogens (tertiary/aromatic N) is 2. The summed E-state index contributed by atoms with van der Waals surface area (Å²) in [5.41, 5.74) is 2.26. The van der Waals surface area contributed by atoms with Crippen LogP contribution in [0.4, 0.5) is 10.1 Å². The van der Waals surface area contributed by atoms with Gasteiger partial charge in [-0.3, -0.25) is 0 Å². The zero-order chi connectivity index (χ0) is 15.2. The Morgan fingerprint density at radius 3 is 2.48 bits per heavy atom. The lowest BCUT2D eigenvalue weighted by Crippen LogP contribution is -2.10. The zero-order valence-electron chi connectivity index (χ0n) is 11.6. The maximum Gasteiger partial charge on any atom is 0.123 e. The Hall–Kier alpha value is -2.85. The third-order valence-corrected chi connectivity index (χ3v) is 3.26. The molecule has 0 aliphatic carbocycles. The van der Waals surface area contributed by atoms with E-state index in [1.807, 2.05) is 25.1 Å². The highest BCUT2D eigenvalue weighted by molar-refractivity contribution is 5.57. The fourth-order valence-electron chi connectivity index (χ4n) is 2.17. The molecule has 0 spiro atoms. The molecule has 2 aromatic rings. The molecule has 0 saturated heterocycles. The van der Waals surface area contributed by atoms with Crippen molar-refractivity contribution < 1.29 is 4.39 Å². The first kappa shape index (κ1) is 14.6. The number of halogens is 1. The molecule has 0 aromatic heterocycles. The van der Waals surface area contributed by atoms with E-state index in [0.29, 0.717) is 11.1 Å². The van der Waals surface area contributed by atoms with E-state index in [0.717, 1.165) is 17.7 Å². The smallest absolute Gasteiger partial charge is 0.123 e. The lowest BCUT2D eigenvalue weighted by Gasteiger charge is -2.19. The van der Waals surface area contributed by atoms with Gasteiger partial charge in [0.05, 0.1) is 17.2 Å². The van der Waals surface area contributed by atoms with Crippen molar-refractivity contribution in [2.45, 2.75) is 19.4 Å². The third-order valence-electron chi connectivity index (χ3n) is 3.26. The number of hydrogen-bond donors (Lipinski definition) is 1. The van der Waals surface area contributed by atoms with Crippen molar-refractivity contribution in [2.75, 3.05) is 5.32 Å². The van der Waals surface area contributed by atoms with Crippen LogP contribution >= 0.6 is 0 Å². The average Bonchev–Trinajstić information content (AvgIpc) is 2.52. The second-order valence-corrected chi connectivity index (χ2v) is 4.64. The summed E-state index contributed by atoms with van der Waals surface area (Å²) >= 11 is 0. The van der Waals surface area contributed by atoms with Crippen LogP contribution in [0.2, 0.25) is 0 Å². The molecule has 1 atom stereocenters. The van der Waals surface area contributed by atoms with Crippen LogP contribution in [-0.2, 0) is 0 Å². The molecule has 21 heavy (non-hydrogen) atoms. The van der Waals surface area contributed by atoms with Crippen LogP contribution in [0.25, 0.3) is 0 Å². The summed E-state index contributed by atoms with van der Waals surface area (Å²) in [5.74, 6) is -0.273. The van der Waals surface area contributed by atoms with Gasteiger partial charge in [-0.25, -0.2) is 4.39 Å². The van der Waals surface area contributed by atoms with E-state index < -0.39 is 0 Å². The fourth-order valence-corrected chi connectivity index (χ4v) is 2.17. The minimum absolute atomic E-state index is 0.0554. The molecule has 104 valence electrons. The molecule has 1 N–H and O–H groups in total. The van der Waals surface area contributed by atoms with Gasteiger partial charge < -0.3 is 5.32 Å².